The maximum absolute atomic E-state index is 11.6. The molecule has 0 radical (unpaired) electrons. The number of unbranched alkanes of at least 4 members (excludes halogenated alkanes) is 1. The van der Waals surface area contributed by atoms with Crippen LogP contribution in [0.25, 0.3) is 0 Å². The second-order valence-electron chi connectivity index (χ2n) is 12.3. The highest BCUT2D eigenvalue weighted by Crippen LogP contribution is 2.35. The predicted octanol–water partition coefficient (Wildman–Crippen LogP) is -3.81. The highest BCUT2D eigenvalue weighted by molar-refractivity contribution is 4.96. The van der Waals surface area contributed by atoms with E-state index in [1.165, 1.54) is 20.8 Å². The van der Waals surface area contributed by atoms with Crippen molar-refractivity contribution in [3.63, 3.8) is 0 Å². The van der Waals surface area contributed by atoms with Gasteiger partial charge in [0, 0.05) is 6.61 Å². The van der Waals surface area contributed by atoms with E-state index in [0.29, 0.717) is 6.42 Å². The topological polar surface area (TPSA) is 256 Å². The minimum Gasteiger partial charge on any atom is -0.388 e. The van der Waals surface area contributed by atoms with E-state index in [4.69, 9.17) is 37.9 Å². The van der Waals surface area contributed by atoms with Crippen LogP contribution in [0.15, 0.2) is 0 Å². The van der Waals surface area contributed by atoms with Gasteiger partial charge < -0.3 is 83.9 Å². The summed E-state index contributed by atoms with van der Waals surface area (Å²) in [6, 6.07) is 0. The Morgan fingerprint density at radius 2 is 0.822 bits per heavy atom. The Kier molecular flexibility index (Phi) is 13.0. The van der Waals surface area contributed by atoms with Gasteiger partial charge in [-0.25, -0.2) is 0 Å². The molecular weight excluding hydrogens is 608 g/mol. The summed E-state index contributed by atoms with van der Waals surface area (Å²) in [7, 11) is 0. The fourth-order valence-electron chi connectivity index (χ4n) is 5.78. The van der Waals surface area contributed by atoms with Crippen LogP contribution in [0.3, 0.4) is 0 Å². The van der Waals surface area contributed by atoms with Crippen LogP contribution in [0.5, 0.6) is 0 Å². The minimum absolute atomic E-state index is 0.240. The molecule has 0 bridgehead atoms. The molecule has 0 aliphatic carbocycles. The number of ether oxygens (including phenoxy) is 8. The predicted molar refractivity (Wildman–Crippen MR) is 147 cm³/mol. The summed E-state index contributed by atoms with van der Waals surface area (Å²) in [5, 5.41) is 94.8. The molecule has 0 aromatic rings. The largest absolute Gasteiger partial charge is 0.388 e. The quantitative estimate of drug-likeness (QED) is 0.102. The summed E-state index contributed by atoms with van der Waals surface area (Å²) in [4.78, 5) is 0. The first-order valence-corrected chi connectivity index (χ1v) is 15.5. The molecule has 4 aliphatic rings. The number of aliphatic hydroxyl groups is 9. The van der Waals surface area contributed by atoms with Gasteiger partial charge in [-0.15, -0.1) is 0 Å². The van der Waals surface area contributed by atoms with Crippen LogP contribution in [-0.2, 0) is 37.9 Å². The summed E-state index contributed by atoms with van der Waals surface area (Å²) in [6.07, 6.45) is -26.4. The molecule has 4 saturated heterocycles. The third kappa shape index (κ3) is 7.97. The zero-order valence-electron chi connectivity index (χ0n) is 26.0. The van der Waals surface area contributed by atoms with Crippen molar-refractivity contribution in [3.8, 4) is 0 Å². The van der Waals surface area contributed by atoms with Crippen LogP contribution in [0, 0.1) is 0 Å². The Hall–Kier alpha value is -0.680. The Morgan fingerprint density at radius 3 is 1.31 bits per heavy atom. The van der Waals surface area contributed by atoms with E-state index < -0.39 is 123 Å². The number of rotatable bonds is 10. The van der Waals surface area contributed by atoms with Crippen molar-refractivity contribution in [2.45, 2.75) is 170 Å². The molecule has 9 N–H and O–H groups in total. The molecule has 0 amide bonds. The molecule has 20 atom stereocenters. The van der Waals surface area contributed by atoms with Crippen molar-refractivity contribution >= 4 is 0 Å². The fourth-order valence-corrected chi connectivity index (χ4v) is 5.78. The average molecular weight is 659 g/mol. The van der Waals surface area contributed by atoms with Gasteiger partial charge in [-0.05, 0) is 34.1 Å². The average Bonchev–Trinajstić information content (AvgIpc) is 3.00. The van der Waals surface area contributed by atoms with E-state index in [1.54, 1.807) is 6.92 Å². The molecule has 0 aromatic heterocycles. The maximum atomic E-state index is 11.6. The number of aliphatic hydroxyl groups excluding tert-OH is 9. The van der Waals surface area contributed by atoms with Crippen molar-refractivity contribution in [1.29, 1.82) is 0 Å². The van der Waals surface area contributed by atoms with Gasteiger partial charge in [0.2, 0.25) is 0 Å². The minimum atomic E-state index is -1.74. The second-order valence-corrected chi connectivity index (χ2v) is 12.3. The van der Waals surface area contributed by atoms with Gasteiger partial charge in [0.05, 0.1) is 24.4 Å². The fraction of sp³-hybridized carbons (Fsp3) is 1.00. The first kappa shape index (κ1) is 37.1. The molecule has 0 saturated carbocycles. The molecule has 0 unspecified atom stereocenters. The summed E-state index contributed by atoms with van der Waals surface area (Å²) in [6.45, 7) is 8.16. The van der Waals surface area contributed by atoms with Crippen molar-refractivity contribution in [2.24, 2.45) is 0 Å². The molecule has 0 spiro atoms. The summed E-state index contributed by atoms with van der Waals surface area (Å²) in [5.41, 5.74) is 0. The van der Waals surface area contributed by atoms with Gasteiger partial charge in [-0.3, -0.25) is 0 Å². The lowest BCUT2D eigenvalue weighted by Crippen LogP contribution is -2.66. The molecule has 0 aromatic carbocycles. The van der Waals surface area contributed by atoms with Crippen molar-refractivity contribution in [3.05, 3.63) is 0 Å². The second kappa shape index (κ2) is 15.7. The smallest absolute Gasteiger partial charge is 0.187 e. The Labute approximate surface area is 261 Å². The van der Waals surface area contributed by atoms with Crippen LogP contribution in [-0.4, -0.2) is 175 Å². The monoisotopic (exact) mass is 658 g/mol. The first-order chi connectivity index (χ1) is 21.2. The van der Waals surface area contributed by atoms with Crippen LogP contribution in [0.2, 0.25) is 0 Å². The third-order valence-corrected chi connectivity index (χ3v) is 8.81. The Morgan fingerprint density at radius 1 is 0.422 bits per heavy atom. The van der Waals surface area contributed by atoms with E-state index in [2.05, 4.69) is 0 Å². The summed E-state index contributed by atoms with van der Waals surface area (Å²) < 4.78 is 46.6. The first-order valence-electron chi connectivity index (χ1n) is 15.5. The van der Waals surface area contributed by atoms with E-state index in [9.17, 15) is 46.0 Å². The van der Waals surface area contributed by atoms with E-state index in [1.807, 2.05) is 6.92 Å². The molecular formula is C28H50O17. The van der Waals surface area contributed by atoms with Gasteiger partial charge >= 0.3 is 0 Å². The standard InChI is InChI=1S/C28H50O17/c1-6-7-8-38-27-24(45-26-20(36)17(33)14(30)10(3)40-26)21(37)22(12(5)42-27)43-28-23(18(34)15(31)11(4)41-28)44-25-19(35)16(32)13(29)9(2)39-25/h9-37H,6-8H2,1-5H3/t9-,10-,11-,12-,13+,14-,15+,16+,17+,18+,19-,20-,21+,22-,23-,24-,25+,26-,27-,28+/m1/s1. The zero-order chi connectivity index (χ0) is 33.3. The molecule has 4 aliphatic heterocycles. The van der Waals surface area contributed by atoms with Crippen LogP contribution in [0.1, 0.15) is 47.5 Å². The van der Waals surface area contributed by atoms with Gasteiger partial charge in [0.25, 0.3) is 0 Å². The maximum Gasteiger partial charge on any atom is 0.187 e. The van der Waals surface area contributed by atoms with E-state index in [0.717, 1.165) is 6.42 Å². The molecule has 4 fully saturated rings. The Bertz CT molecular complexity index is 916. The van der Waals surface area contributed by atoms with E-state index in [-0.39, 0.29) is 6.61 Å². The summed E-state index contributed by atoms with van der Waals surface area (Å²) >= 11 is 0. The van der Waals surface area contributed by atoms with Crippen molar-refractivity contribution < 1.29 is 83.9 Å². The molecule has 17 heteroatoms. The third-order valence-electron chi connectivity index (χ3n) is 8.81. The Balaban J connectivity index is 1.55. The van der Waals surface area contributed by atoms with Crippen LogP contribution >= 0.6 is 0 Å². The lowest BCUT2D eigenvalue weighted by atomic mass is 9.96. The van der Waals surface area contributed by atoms with Crippen LogP contribution in [0.4, 0.5) is 0 Å². The van der Waals surface area contributed by atoms with Crippen LogP contribution < -0.4 is 0 Å². The molecule has 45 heavy (non-hydrogen) atoms. The van der Waals surface area contributed by atoms with Crippen molar-refractivity contribution in [1.82, 2.24) is 0 Å². The van der Waals surface area contributed by atoms with Gasteiger partial charge in [-0.1, -0.05) is 13.3 Å². The lowest BCUT2D eigenvalue weighted by Gasteiger charge is -2.49. The van der Waals surface area contributed by atoms with E-state index >= 15 is 0 Å². The molecule has 17 nitrogen and oxygen atoms in total. The highest BCUT2D eigenvalue weighted by atomic mass is 16.8. The number of hydrogen-bond donors (Lipinski definition) is 9. The molecule has 4 heterocycles. The lowest BCUT2D eigenvalue weighted by molar-refractivity contribution is -0.394. The van der Waals surface area contributed by atoms with Gasteiger partial charge in [0.15, 0.2) is 25.2 Å². The van der Waals surface area contributed by atoms with Crippen molar-refractivity contribution in [2.75, 3.05) is 6.61 Å². The zero-order valence-corrected chi connectivity index (χ0v) is 26.0. The number of hydrogen-bond acceptors (Lipinski definition) is 17. The normalized spacial score (nSPS) is 52.9. The molecule has 4 rings (SSSR count). The summed E-state index contributed by atoms with van der Waals surface area (Å²) in [5.74, 6) is 0. The molecule has 264 valence electrons. The van der Waals surface area contributed by atoms with Gasteiger partial charge in [0.1, 0.15) is 73.2 Å². The van der Waals surface area contributed by atoms with Gasteiger partial charge in [-0.2, -0.15) is 0 Å². The SMILES string of the molecule is CCCCO[C@@H]1O[C@H](C)[C@@H](O[C@@H]2O[C@H](C)[C@H](O)[C@H](O)[C@H]2O[C@@H]2O[C@H](C)[C@H](O)[C@H](O)[C@H]2O)[C@H](O)[C@H]1O[C@H]1O[C@H](C)[C@@H](O)[C@H](O)[C@H]1O. The highest BCUT2D eigenvalue weighted by Gasteiger charge is 2.54.